The molecule has 0 saturated heterocycles. The maximum atomic E-state index is 12.6. The van der Waals surface area contributed by atoms with Crippen molar-refractivity contribution in [3.63, 3.8) is 0 Å². The molecule has 0 amide bonds. The third-order valence-electron chi connectivity index (χ3n) is 14.1. The van der Waals surface area contributed by atoms with Gasteiger partial charge in [0.1, 0.15) is 0 Å². The summed E-state index contributed by atoms with van der Waals surface area (Å²) < 4.78 is 12.6. The fourth-order valence-corrected chi connectivity index (χ4v) is 12.9. The first kappa shape index (κ1) is 28.3. The largest absolute Gasteiger partial charge is 0.396 e. The Kier molecular flexibility index (Phi) is 7.20. The highest BCUT2D eigenvalue weighted by atomic mass is 32.2. The van der Waals surface area contributed by atoms with E-state index in [1.54, 1.807) is 0 Å². The van der Waals surface area contributed by atoms with E-state index in [9.17, 15) is 19.5 Å². The quantitative estimate of drug-likeness (QED) is 0.381. The normalized spacial score (nSPS) is 51.4. The van der Waals surface area contributed by atoms with Crippen LogP contribution in [0.3, 0.4) is 0 Å². The van der Waals surface area contributed by atoms with Crippen LogP contribution in [0.4, 0.5) is 0 Å². The predicted molar refractivity (Wildman–Crippen MR) is 151 cm³/mol. The van der Waals surface area contributed by atoms with Crippen molar-refractivity contribution in [2.75, 3.05) is 24.7 Å². The van der Waals surface area contributed by atoms with Crippen molar-refractivity contribution in [3.05, 3.63) is 12.2 Å². The Morgan fingerprint density at radius 2 is 1.59 bits per heavy atom. The van der Waals surface area contributed by atoms with E-state index < -0.39 is 10.8 Å². The van der Waals surface area contributed by atoms with Crippen LogP contribution in [0.2, 0.25) is 0 Å². The Bertz CT molecular complexity index is 932. The van der Waals surface area contributed by atoms with E-state index in [4.69, 9.17) is 0 Å². The van der Waals surface area contributed by atoms with Crippen LogP contribution in [-0.2, 0) is 10.8 Å². The molecule has 5 aliphatic rings. The lowest BCUT2D eigenvalue weighted by Gasteiger charge is -2.73. The summed E-state index contributed by atoms with van der Waals surface area (Å²) in [5.41, 5.74) is 1.81. The summed E-state index contributed by atoms with van der Waals surface area (Å²) in [6.45, 7) is 17.2. The Labute approximate surface area is 228 Å². The van der Waals surface area contributed by atoms with E-state index in [0.29, 0.717) is 41.1 Å². The zero-order valence-electron chi connectivity index (χ0n) is 24.2. The molecule has 0 bridgehead atoms. The van der Waals surface area contributed by atoms with Gasteiger partial charge in [0, 0.05) is 28.9 Å². The number of rotatable bonds is 6. The van der Waals surface area contributed by atoms with Gasteiger partial charge in [0.15, 0.2) is 0 Å². The van der Waals surface area contributed by atoms with Gasteiger partial charge >= 0.3 is 0 Å². The number of hydrogen-bond donors (Lipinski definition) is 3. The summed E-state index contributed by atoms with van der Waals surface area (Å²) in [7, 11) is -1.06. The van der Waals surface area contributed by atoms with Crippen molar-refractivity contribution in [3.8, 4) is 0 Å². The summed E-state index contributed by atoms with van der Waals surface area (Å²) in [5.74, 6) is 3.37. The molecule has 5 aliphatic carbocycles. The predicted octanol–water partition coefficient (Wildman–Crippen LogP) is 5.72. The highest BCUT2D eigenvalue weighted by molar-refractivity contribution is 7.85. The molecule has 5 fully saturated rings. The number of aliphatic hydroxyl groups excluding tert-OH is 3. The van der Waals surface area contributed by atoms with Crippen LogP contribution in [0.5, 0.6) is 0 Å². The third-order valence-corrected chi connectivity index (χ3v) is 15.4. The molecule has 4 nitrogen and oxygen atoms in total. The average Bonchev–Trinajstić information content (AvgIpc) is 3.23. The van der Waals surface area contributed by atoms with Gasteiger partial charge in [-0.3, -0.25) is 4.21 Å². The van der Waals surface area contributed by atoms with Crippen LogP contribution in [-0.4, -0.2) is 50.4 Å². The molecule has 1 unspecified atom stereocenters. The van der Waals surface area contributed by atoms with Crippen molar-refractivity contribution in [1.29, 1.82) is 0 Å². The maximum Gasteiger partial charge on any atom is 0.0594 e. The molecule has 0 aliphatic heterocycles. The van der Waals surface area contributed by atoms with Gasteiger partial charge in [-0.1, -0.05) is 46.8 Å². The molecule has 3 N–H and O–H groups in total. The van der Waals surface area contributed by atoms with Gasteiger partial charge in [0.05, 0.1) is 12.7 Å². The summed E-state index contributed by atoms with van der Waals surface area (Å²) in [6, 6.07) is 0. The molecule has 11 atom stereocenters. The van der Waals surface area contributed by atoms with Crippen molar-refractivity contribution < 1.29 is 19.5 Å². The van der Waals surface area contributed by atoms with Crippen LogP contribution in [0, 0.1) is 56.7 Å². The van der Waals surface area contributed by atoms with Gasteiger partial charge < -0.3 is 15.3 Å². The molecule has 0 aromatic carbocycles. The molecule has 0 heterocycles. The fourth-order valence-electron chi connectivity index (χ4n) is 11.9. The van der Waals surface area contributed by atoms with Crippen molar-refractivity contribution in [2.45, 2.75) is 105 Å². The molecule has 0 aromatic rings. The lowest BCUT2D eigenvalue weighted by molar-refractivity contribution is -0.249. The first-order chi connectivity index (χ1) is 17.3. The highest BCUT2D eigenvalue weighted by Crippen LogP contribution is 2.77. The van der Waals surface area contributed by atoms with Gasteiger partial charge in [0.25, 0.3) is 0 Å². The molecule has 5 rings (SSSR count). The SMILES string of the molecule is C=C(CS(=O)CCO)[C@@H]1CC[C@]2(CO)CC[C@]3(C)[C@H](CC[C@@H]4[C@@]5(C)CC[C@H](O)C(C)(C)[C@@H]5CC[C@]43C)[C@@H]12. The van der Waals surface area contributed by atoms with Crippen LogP contribution in [0.25, 0.3) is 0 Å². The first-order valence-electron chi connectivity index (χ1n) is 15.2. The minimum absolute atomic E-state index is 0.0164. The number of hydrogen-bond acceptors (Lipinski definition) is 4. The zero-order chi connectivity index (χ0) is 27.0. The van der Waals surface area contributed by atoms with Crippen molar-refractivity contribution in [1.82, 2.24) is 0 Å². The molecule has 212 valence electrons. The lowest BCUT2D eigenvalue weighted by Crippen LogP contribution is -2.66. The number of fused-ring (bicyclic) bond motifs is 7. The van der Waals surface area contributed by atoms with Gasteiger partial charge in [-0.2, -0.15) is 0 Å². The smallest absolute Gasteiger partial charge is 0.0594 e. The second-order valence-electron chi connectivity index (χ2n) is 15.4. The molecule has 0 radical (unpaired) electrons. The Morgan fingerprint density at radius 3 is 2.27 bits per heavy atom. The summed E-state index contributed by atoms with van der Waals surface area (Å²) in [4.78, 5) is 0. The lowest BCUT2D eigenvalue weighted by atomic mass is 9.32. The van der Waals surface area contributed by atoms with E-state index in [1.807, 2.05) is 0 Å². The Morgan fingerprint density at radius 1 is 0.865 bits per heavy atom. The molecule has 5 heteroatoms. The van der Waals surface area contributed by atoms with E-state index in [0.717, 1.165) is 37.7 Å². The maximum absolute atomic E-state index is 12.6. The van der Waals surface area contributed by atoms with E-state index in [1.165, 1.54) is 32.1 Å². The van der Waals surface area contributed by atoms with Crippen LogP contribution in [0.15, 0.2) is 12.2 Å². The highest BCUT2D eigenvalue weighted by Gasteiger charge is 2.70. The van der Waals surface area contributed by atoms with Crippen molar-refractivity contribution in [2.24, 2.45) is 56.7 Å². The molecular weight excluding hydrogens is 480 g/mol. The van der Waals surface area contributed by atoms with Gasteiger partial charge in [-0.15, -0.1) is 0 Å². The van der Waals surface area contributed by atoms with Crippen LogP contribution < -0.4 is 0 Å². The first-order valence-corrected chi connectivity index (χ1v) is 16.7. The standard InChI is InChI=1S/C32H54O4S/c1-21(19-37(36)18-17-33)22-9-14-32(20-34)16-15-30(5)23(27(22)32)7-8-25-29(4)12-11-26(35)28(2,3)24(29)10-13-31(25,30)6/h22-27,33-35H,1,7-20H2,2-6H3/t22-,23+,24-,25+,26-,27+,29-,30+,31+,32+,37?/m0/s1. The molecule has 0 aromatic heterocycles. The van der Waals surface area contributed by atoms with Gasteiger partial charge in [-0.25, -0.2) is 0 Å². The minimum Gasteiger partial charge on any atom is -0.396 e. The summed E-state index contributed by atoms with van der Waals surface area (Å²) in [5, 5.41) is 31.1. The molecular formula is C32H54O4S. The number of aliphatic hydroxyl groups is 3. The summed E-state index contributed by atoms with van der Waals surface area (Å²) in [6.07, 6.45) is 11.2. The average molecular weight is 535 g/mol. The van der Waals surface area contributed by atoms with Gasteiger partial charge in [-0.05, 0) is 121 Å². The monoisotopic (exact) mass is 534 g/mol. The van der Waals surface area contributed by atoms with Crippen LogP contribution >= 0.6 is 0 Å². The van der Waals surface area contributed by atoms with Crippen molar-refractivity contribution >= 4 is 10.8 Å². The molecule has 0 spiro atoms. The second-order valence-corrected chi connectivity index (χ2v) is 17.0. The van der Waals surface area contributed by atoms with E-state index in [2.05, 4.69) is 41.2 Å². The Hall–Kier alpha value is -0.230. The molecule has 37 heavy (non-hydrogen) atoms. The Balaban J connectivity index is 1.49. The third kappa shape index (κ3) is 3.86. The van der Waals surface area contributed by atoms with Gasteiger partial charge in [0.2, 0.25) is 0 Å². The molecule has 5 saturated carbocycles. The topological polar surface area (TPSA) is 77.8 Å². The van der Waals surface area contributed by atoms with E-state index >= 15 is 0 Å². The second kappa shape index (κ2) is 9.42. The summed E-state index contributed by atoms with van der Waals surface area (Å²) >= 11 is 0. The fraction of sp³-hybridized carbons (Fsp3) is 0.938. The minimum atomic E-state index is -1.06. The van der Waals surface area contributed by atoms with E-state index in [-0.39, 0.29) is 46.4 Å². The zero-order valence-corrected chi connectivity index (χ0v) is 25.0. The van der Waals surface area contributed by atoms with Crippen LogP contribution in [0.1, 0.15) is 98.8 Å².